The zero-order valence-corrected chi connectivity index (χ0v) is 12.2. The number of hydrogen-bond donors (Lipinski definition) is 2. The maximum absolute atomic E-state index is 14.3. The van der Waals surface area contributed by atoms with Crippen molar-refractivity contribution in [1.29, 1.82) is 0 Å². The average Bonchev–Trinajstić information content (AvgIpc) is 2.48. The van der Waals surface area contributed by atoms with Gasteiger partial charge in [0, 0.05) is 5.56 Å². The third kappa shape index (κ3) is 3.93. The Bertz CT molecular complexity index is 599. The third-order valence-electron chi connectivity index (χ3n) is 3.63. The van der Waals surface area contributed by atoms with E-state index in [0.717, 1.165) is 31.2 Å². The van der Waals surface area contributed by atoms with Gasteiger partial charge < -0.3 is 10.0 Å². The second-order valence-electron chi connectivity index (χ2n) is 5.23. The Morgan fingerprint density at radius 3 is 2.43 bits per heavy atom. The zero-order chi connectivity index (χ0) is 15.2. The average molecular weight is 286 g/mol. The van der Waals surface area contributed by atoms with E-state index in [0.29, 0.717) is 16.6 Å². The normalized spacial score (nSPS) is 10.7. The Kier molecular flexibility index (Phi) is 5.54. The smallest absolute Gasteiger partial charge is 0.423 e. The fourth-order valence-corrected chi connectivity index (χ4v) is 2.48. The fourth-order valence-electron chi connectivity index (χ4n) is 2.48. The second kappa shape index (κ2) is 7.39. The highest BCUT2D eigenvalue weighted by atomic mass is 19.1. The molecule has 2 aromatic carbocycles. The van der Waals surface area contributed by atoms with Gasteiger partial charge in [0.25, 0.3) is 0 Å². The lowest BCUT2D eigenvalue weighted by Gasteiger charge is -2.11. The lowest BCUT2D eigenvalue weighted by molar-refractivity contribution is 0.426. The molecule has 0 fully saturated rings. The van der Waals surface area contributed by atoms with Crippen molar-refractivity contribution < 1.29 is 14.4 Å². The highest BCUT2D eigenvalue weighted by Gasteiger charge is 2.18. The first-order valence-electron chi connectivity index (χ1n) is 7.37. The second-order valence-corrected chi connectivity index (χ2v) is 5.23. The van der Waals surface area contributed by atoms with Crippen LogP contribution in [0.25, 0.3) is 11.1 Å². The first-order valence-corrected chi connectivity index (χ1v) is 7.37. The molecule has 0 bridgehead atoms. The van der Waals surface area contributed by atoms with Gasteiger partial charge in [0.05, 0.1) is 0 Å². The van der Waals surface area contributed by atoms with E-state index in [2.05, 4.69) is 6.92 Å². The maximum atomic E-state index is 14.3. The van der Waals surface area contributed by atoms with Gasteiger partial charge in [-0.05, 0) is 35.5 Å². The Morgan fingerprint density at radius 2 is 1.76 bits per heavy atom. The largest absolute Gasteiger partial charge is 0.489 e. The van der Waals surface area contributed by atoms with Crippen LogP contribution in [-0.4, -0.2) is 17.2 Å². The highest BCUT2D eigenvalue weighted by Crippen LogP contribution is 2.23. The van der Waals surface area contributed by atoms with Crippen molar-refractivity contribution in [2.75, 3.05) is 0 Å². The molecule has 0 atom stereocenters. The maximum Gasteiger partial charge on any atom is 0.489 e. The molecule has 0 heterocycles. The van der Waals surface area contributed by atoms with Crippen LogP contribution in [0.2, 0.25) is 0 Å². The van der Waals surface area contributed by atoms with Gasteiger partial charge in [-0.1, -0.05) is 56.2 Å². The molecular formula is C17H20BFO2. The van der Waals surface area contributed by atoms with Gasteiger partial charge in [-0.3, -0.25) is 0 Å². The van der Waals surface area contributed by atoms with E-state index < -0.39 is 7.12 Å². The summed E-state index contributed by atoms with van der Waals surface area (Å²) in [6.07, 6.45) is 4.21. The molecule has 0 aliphatic rings. The summed E-state index contributed by atoms with van der Waals surface area (Å²) >= 11 is 0. The highest BCUT2D eigenvalue weighted by molar-refractivity contribution is 6.60. The minimum atomic E-state index is -1.61. The van der Waals surface area contributed by atoms with E-state index >= 15 is 0 Å². The van der Waals surface area contributed by atoms with Crippen molar-refractivity contribution in [3.05, 3.63) is 53.8 Å². The quantitative estimate of drug-likeness (QED) is 0.633. The molecule has 4 heteroatoms. The van der Waals surface area contributed by atoms with Gasteiger partial charge in [0.15, 0.2) is 0 Å². The molecule has 0 spiro atoms. The minimum Gasteiger partial charge on any atom is -0.423 e. The first-order chi connectivity index (χ1) is 10.1. The van der Waals surface area contributed by atoms with Crippen LogP contribution < -0.4 is 5.46 Å². The van der Waals surface area contributed by atoms with Crippen LogP contribution in [0.3, 0.4) is 0 Å². The molecule has 0 aliphatic heterocycles. The van der Waals surface area contributed by atoms with Crippen molar-refractivity contribution in [2.45, 2.75) is 32.6 Å². The summed E-state index contributed by atoms with van der Waals surface area (Å²) in [5.41, 5.74) is 2.21. The van der Waals surface area contributed by atoms with Crippen LogP contribution in [-0.2, 0) is 6.42 Å². The van der Waals surface area contributed by atoms with Crippen LogP contribution >= 0.6 is 0 Å². The van der Waals surface area contributed by atoms with E-state index in [-0.39, 0.29) is 5.82 Å². The number of hydrogen-bond acceptors (Lipinski definition) is 2. The standard InChI is InChI=1S/C17H20BFO2/c1-2-3-4-7-13-10-11-15(17(19)12-13)14-8-5-6-9-16(14)18(20)21/h5-6,8-12,20-21H,2-4,7H2,1H3. The van der Waals surface area contributed by atoms with Crippen LogP contribution in [0, 0.1) is 5.82 Å². The van der Waals surface area contributed by atoms with Gasteiger partial charge in [0.1, 0.15) is 5.82 Å². The number of aryl methyl sites for hydroxylation is 1. The van der Waals surface area contributed by atoms with Crippen molar-refractivity contribution in [3.63, 3.8) is 0 Å². The summed E-state index contributed by atoms with van der Waals surface area (Å²) in [5.74, 6) is -0.322. The predicted molar refractivity (Wildman–Crippen MR) is 84.9 cm³/mol. The van der Waals surface area contributed by atoms with Crippen LogP contribution in [0.15, 0.2) is 42.5 Å². The van der Waals surface area contributed by atoms with Crippen molar-refractivity contribution in [2.24, 2.45) is 0 Å². The Labute approximate surface area is 125 Å². The van der Waals surface area contributed by atoms with E-state index in [1.54, 1.807) is 36.4 Å². The molecule has 0 aliphatic carbocycles. The SMILES string of the molecule is CCCCCc1ccc(-c2ccccc2B(O)O)c(F)c1. The van der Waals surface area contributed by atoms with Crippen molar-refractivity contribution in [3.8, 4) is 11.1 Å². The van der Waals surface area contributed by atoms with Gasteiger partial charge >= 0.3 is 7.12 Å². The van der Waals surface area contributed by atoms with Crippen LogP contribution in [0.5, 0.6) is 0 Å². The number of unbranched alkanes of at least 4 members (excludes halogenated alkanes) is 2. The molecule has 2 N–H and O–H groups in total. The zero-order valence-electron chi connectivity index (χ0n) is 12.2. The molecule has 0 unspecified atom stereocenters. The third-order valence-corrected chi connectivity index (χ3v) is 3.63. The molecule has 0 amide bonds. The molecule has 110 valence electrons. The molecule has 0 aromatic heterocycles. The van der Waals surface area contributed by atoms with E-state index in [9.17, 15) is 14.4 Å². The van der Waals surface area contributed by atoms with Gasteiger partial charge in [-0.2, -0.15) is 0 Å². The van der Waals surface area contributed by atoms with Crippen LogP contribution in [0.4, 0.5) is 4.39 Å². The summed E-state index contributed by atoms with van der Waals surface area (Å²) in [5, 5.41) is 18.8. The topological polar surface area (TPSA) is 40.5 Å². The lowest BCUT2D eigenvalue weighted by Crippen LogP contribution is -2.31. The molecule has 2 aromatic rings. The Hall–Kier alpha value is -1.65. The van der Waals surface area contributed by atoms with Gasteiger partial charge in [-0.25, -0.2) is 4.39 Å². The van der Waals surface area contributed by atoms with E-state index in [1.165, 1.54) is 0 Å². The number of benzene rings is 2. The number of halogens is 1. The first kappa shape index (κ1) is 15.7. The Morgan fingerprint density at radius 1 is 1.00 bits per heavy atom. The molecule has 2 rings (SSSR count). The minimum absolute atomic E-state index is 0.315. The molecule has 21 heavy (non-hydrogen) atoms. The molecule has 0 saturated heterocycles. The van der Waals surface area contributed by atoms with Crippen molar-refractivity contribution in [1.82, 2.24) is 0 Å². The van der Waals surface area contributed by atoms with Crippen LogP contribution in [0.1, 0.15) is 31.7 Å². The van der Waals surface area contributed by atoms with E-state index in [4.69, 9.17) is 0 Å². The van der Waals surface area contributed by atoms with E-state index in [1.807, 2.05) is 6.07 Å². The molecule has 0 saturated carbocycles. The fraction of sp³-hybridized carbons (Fsp3) is 0.294. The summed E-state index contributed by atoms with van der Waals surface area (Å²) in [6, 6.07) is 11.9. The molecular weight excluding hydrogens is 266 g/mol. The summed E-state index contributed by atoms with van der Waals surface area (Å²) in [7, 11) is -1.61. The molecule has 2 nitrogen and oxygen atoms in total. The summed E-state index contributed by atoms with van der Waals surface area (Å²) in [6.45, 7) is 2.14. The van der Waals surface area contributed by atoms with Gasteiger partial charge in [0.2, 0.25) is 0 Å². The lowest BCUT2D eigenvalue weighted by atomic mass is 9.75. The molecule has 0 radical (unpaired) electrons. The Balaban J connectivity index is 2.29. The monoisotopic (exact) mass is 286 g/mol. The van der Waals surface area contributed by atoms with Gasteiger partial charge in [-0.15, -0.1) is 0 Å². The van der Waals surface area contributed by atoms with Crippen molar-refractivity contribution >= 4 is 12.6 Å². The summed E-state index contributed by atoms with van der Waals surface area (Å²) < 4.78 is 14.3. The predicted octanol–water partition coefficient (Wildman–Crippen LogP) is 2.91. The summed E-state index contributed by atoms with van der Waals surface area (Å²) in [4.78, 5) is 0. The number of rotatable bonds is 6.